The first-order chi connectivity index (χ1) is 17.7. The van der Waals surface area contributed by atoms with Crippen LogP contribution in [0.3, 0.4) is 0 Å². The first-order valence-corrected chi connectivity index (χ1v) is 11.2. The lowest BCUT2D eigenvalue weighted by Crippen LogP contribution is -2.37. The molecule has 3 rings (SSSR count). The van der Waals surface area contributed by atoms with Crippen LogP contribution in [0.1, 0.15) is 39.6 Å². The highest BCUT2D eigenvalue weighted by molar-refractivity contribution is 5.90. The van der Waals surface area contributed by atoms with E-state index < -0.39 is 27.4 Å². The summed E-state index contributed by atoms with van der Waals surface area (Å²) in [7, 11) is 0. The predicted octanol–water partition coefficient (Wildman–Crippen LogP) is 4.88. The first-order valence-electron chi connectivity index (χ1n) is 11.2. The molecule has 11 nitrogen and oxygen atoms in total. The summed E-state index contributed by atoms with van der Waals surface area (Å²) in [5.41, 5.74) is -0.154. The van der Waals surface area contributed by atoms with Crippen LogP contribution in [0.15, 0.2) is 78.9 Å². The zero-order valence-corrected chi connectivity index (χ0v) is 19.9. The van der Waals surface area contributed by atoms with Crippen molar-refractivity contribution < 1.29 is 33.6 Å². The van der Waals surface area contributed by atoms with E-state index in [1.807, 2.05) is 30.3 Å². The number of rotatable bonds is 12. The van der Waals surface area contributed by atoms with Crippen LogP contribution in [-0.2, 0) is 20.8 Å². The van der Waals surface area contributed by atoms with E-state index in [9.17, 15) is 29.8 Å². The van der Waals surface area contributed by atoms with Gasteiger partial charge < -0.3 is 14.2 Å². The summed E-state index contributed by atoms with van der Waals surface area (Å²) >= 11 is 0. The molecule has 0 heterocycles. The Morgan fingerprint density at radius 3 is 1.73 bits per heavy atom. The normalized spacial score (nSPS) is 12.2. The summed E-state index contributed by atoms with van der Waals surface area (Å²) in [5, 5.41) is 21.6. The Balaban J connectivity index is 1.62. The average molecular weight is 508 g/mol. The highest BCUT2D eigenvalue weighted by Gasteiger charge is 2.29. The maximum Gasteiger partial charge on any atom is 0.338 e. The number of hydrogen-bond acceptors (Lipinski definition) is 9. The largest absolute Gasteiger partial charge is 0.462 e. The average Bonchev–Trinajstić information content (AvgIpc) is 2.91. The van der Waals surface area contributed by atoms with Crippen LogP contribution in [0.5, 0.6) is 0 Å². The molecule has 0 saturated heterocycles. The first kappa shape index (κ1) is 27.0. The van der Waals surface area contributed by atoms with Crippen LogP contribution in [0.2, 0.25) is 0 Å². The van der Waals surface area contributed by atoms with E-state index in [4.69, 9.17) is 14.2 Å². The lowest BCUT2D eigenvalue weighted by Gasteiger charge is -2.29. The van der Waals surface area contributed by atoms with Crippen LogP contribution in [-0.4, -0.2) is 40.6 Å². The van der Waals surface area contributed by atoms with Gasteiger partial charge in [-0.2, -0.15) is 0 Å². The fourth-order valence-corrected chi connectivity index (χ4v) is 3.20. The smallest absolute Gasteiger partial charge is 0.338 e. The molecule has 37 heavy (non-hydrogen) atoms. The molecule has 0 aliphatic rings. The minimum Gasteiger partial charge on any atom is -0.462 e. The summed E-state index contributed by atoms with van der Waals surface area (Å²) in [6, 6.07) is 19.4. The number of nitro benzene ring substituents is 2. The Hall–Kier alpha value is -4.64. The molecule has 0 aromatic heterocycles. The van der Waals surface area contributed by atoms with E-state index in [-0.39, 0.29) is 48.7 Å². The van der Waals surface area contributed by atoms with Crippen molar-refractivity contribution in [2.24, 2.45) is 0 Å². The summed E-state index contributed by atoms with van der Waals surface area (Å²) in [5.74, 6) is -1.35. The van der Waals surface area contributed by atoms with Gasteiger partial charge in [-0.15, -0.1) is 0 Å². The molecule has 0 unspecified atom stereocenters. The number of benzene rings is 3. The van der Waals surface area contributed by atoms with Crippen molar-refractivity contribution >= 4 is 23.3 Å². The second kappa shape index (κ2) is 12.4. The Kier molecular flexibility index (Phi) is 9.00. The Morgan fingerprint density at radius 2 is 1.24 bits per heavy atom. The molecular formula is C26H24N2O9. The van der Waals surface area contributed by atoms with E-state index >= 15 is 0 Å². The molecule has 11 heteroatoms. The highest BCUT2D eigenvalue weighted by atomic mass is 16.6. The van der Waals surface area contributed by atoms with Gasteiger partial charge in [0, 0.05) is 30.7 Å². The van der Waals surface area contributed by atoms with Crippen LogP contribution in [0.4, 0.5) is 11.4 Å². The molecule has 0 fully saturated rings. The lowest BCUT2D eigenvalue weighted by atomic mass is 10.0. The summed E-state index contributed by atoms with van der Waals surface area (Å²) < 4.78 is 16.8. The number of nitro groups is 2. The Labute approximate surface area is 211 Å². The van der Waals surface area contributed by atoms with Crippen molar-refractivity contribution in [3.05, 3.63) is 116 Å². The van der Waals surface area contributed by atoms with E-state index in [0.29, 0.717) is 0 Å². The van der Waals surface area contributed by atoms with E-state index in [1.54, 1.807) is 6.92 Å². The fourth-order valence-electron chi connectivity index (χ4n) is 3.20. The molecule has 1 atom stereocenters. The quantitative estimate of drug-likeness (QED) is 0.189. The molecule has 0 radical (unpaired) electrons. The highest BCUT2D eigenvalue weighted by Crippen LogP contribution is 2.21. The molecule has 0 amide bonds. The van der Waals surface area contributed by atoms with Gasteiger partial charge in [-0.3, -0.25) is 20.2 Å². The minimum atomic E-state index is -1.04. The maximum absolute atomic E-state index is 12.5. The van der Waals surface area contributed by atoms with Gasteiger partial charge in [0.15, 0.2) is 0 Å². The topological polar surface area (TPSA) is 148 Å². The van der Waals surface area contributed by atoms with E-state index in [2.05, 4.69) is 0 Å². The van der Waals surface area contributed by atoms with Gasteiger partial charge in [0.2, 0.25) is 0 Å². The second-order valence-electron chi connectivity index (χ2n) is 8.29. The molecule has 192 valence electrons. The van der Waals surface area contributed by atoms with Crippen molar-refractivity contribution in [3.63, 3.8) is 0 Å². The summed E-state index contributed by atoms with van der Waals surface area (Å²) in [4.78, 5) is 45.3. The molecule has 3 aromatic carbocycles. The third-order valence-electron chi connectivity index (χ3n) is 5.43. The van der Waals surface area contributed by atoms with Crippen LogP contribution in [0, 0.1) is 20.2 Å². The lowest BCUT2D eigenvalue weighted by molar-refractivity contribution is -0.385. The van der Waals surface area contributed by atoms with Crippen molar-refractivity contribution in [1.29, 1.82) is 0 Å². The zero-order chi connectivity index (χ0) is 26.8. The third-order valence-corrected chi connectivity index (χ3v) is 5.43. The SMILES string of the molecule is C[C@](CCOC(=O)c1ccc([N+](=O)[O-])cc1)(COC(=O)c1ccc([N+](=O)[O-])cc1)OCc1ccccc1. The predicted molar refractivity (Wildman–Crippen MR) is 131 cm³/mol. The minimum absolute atomic E-state index is 0.0732. The number of nitrogens with zero attached hydrogens (tertiary/aromatic N) is 2. The van der Waals surface area contributed by atoms with Crippen molar-refractivity contribution in [1.82, 2.24) is 0 Å². The van der Waals surface area contributed by atoms with Crippen LogP contribution < -0.4 is 0 Å². The number of carbonyl (C=O) groups excluding carboxylic acids is 2. The van der Waals surface area contributed by atoms with Crippen molar-refractivity contribution in [2.75, 3.05) is 13.2 Å². The number of carbonyl (C=O) groups is 2. The molecule has 0 aliphatic carbocycles. The third kappa shape index (κ3) is 7.94. The molecule has 0 spiro atoms. The van der Waals surface area contributed by atoms with Gasteiger partial charge in [-0.05, 0) is 36.8 Å². The number of hydrogen-bond donors (Lipinski definition) is 0. The van der Waals surface area contributed by atoms with Gasteiger partial charge in [-0.25, -0.2) is 9.59 Å². The number of non-ortho nitro benzene ring substituents is 2. The second-order valence-corrected chi connectivity index (χ2v) is 8.29. The maximum atomic E-state index is 12.5. The van der Waals surface area contributed by atoms with E-state index in [0.717, 1.165) is 5.56 Å². The van der Waals surface area contributed by atoms with Gasteiger partial charge >= 0.3 is 11.9 Å². The number of esters is 2. The number of ether oxygens (including phenoxy) is 3. The molecule has 0 saturated carbocycles. The van der Waals surface area contributed by atoms with Gasteiger partial charge in [-0.1, -0.05) is 30.3 Å². The summed E-state index contributed by atoms with van der Waals surface area (Å²) in [6.45, 7) is 1.67. The Morgan fingerprint density at radius 1 is 0.757 bits per heavy atom. The van der Waals surface area contributed by atoms with Gasteiger partial charge in [0.1, 0.15) is 12.2 Å². The molecule has 0 N–H and O–H groups in total. The molecule has 0 bridgehead atoms. The van der Waals surface area contributed by atoms with Crippen LogP contribution >= 0.6 is 0 Å². The van der Waals surface area contributed by atoms with E-state index in [1.165, 1.54) is 48.5 Å². The molecular weight excluding hydrogens is 484 g/mol. The Bertz CT molecular complexity index is 1250. The fraction of sp³-hybridized carbons (Fsp3) is 0.231. The summed E-state index contributed by atoms with van der Waals surface area (Å²) in [6.07, 6.45) is 0.173. The van der Waals surface area contributed by atoms with Crippen molar-refractivity contribution in [3.8, 4) is 0 Å². The van der Waals surface area contributed by atoms with Crippen molar-refractivity contribution in [2.45, 2.75) is 25.6 Å². The zero-order valence-electron chi connectivity index (χ0n) is 19.9. The standard InChI is InChI=1S/C26H24N2O9/c1-26(37-17-19-5-3-2-4-6-19,18-36-25(30)21-9-13-23(14-10-21)28(33)34)15-16-35-24(29)20-7-11-22(12-8-20)27(31)32/h2-14H,15-18H2,1H3/t26-/m0/s1. The monoisotopic (exact) mass is 508 g/mol. The van der Waals surface area contributed by atoms with Gasteiger partial charge in [0.25, 0.3) is 11.4 Å². The van der Waals surface area contributed by atoms with Crippen LogP contribution in [0.25, 0.3) is 0 Å². The molecule has 3 aromatic rings. The molecule has 0 aliphatic heterocycles. The van der Waals surface area contributed by atoms with Gasteiger partial charge in [0.05, 0.1) is 34.2 Å².